The monoisotopic (exact) mass is 361 g/mol. The Morgan fingerprint density at radius 1 is 0.667 bits per heavy atom. The Kier molecular flexibility index (Phi) is 14.2. The second-order valence-corrected chi connectivity index (χ2v) is 10.6. The summed E-state index contributed by atoms with van der Waals surface area (Å²) in [7, 11) is 6.58. The van der Waals surface area contributed by atoms with Crippen LogP contribution in [-0.2, 0) is 8.85 Å². The maximum absolute atomic E-state index is 6.13. The van der Waals surface area contributed by atoms with Crippen LogP contribution in [0.4, 0.5) is 0 Å². The minimum atomic E-state index is -2.02. The van der Waals surface area contributed by atoms with Crippen molar-refractivity contribution in [3.05, 3.63) is 0 Å². The molecule has 0 aromatic carbocycles. The fourth-order valence-electron chi connectivity index (χ4n) is 2.98. The van der Waals surface area contributed by atoms with Gasteiger partial charge in [-0.2, -0.15) is 0 Å². The molecule has 0 aliphatic rings. The Morgan fingerprint density at radius 2 is 1.12 bits per heavy atom. The molecule has 0 rings (SSSR count). The van der Waals surface area contributed by atoms with Gasteiger partial charge in [0.25, 0.3) is 0 Å². The number of rotatable bonds is 16. The molecule has 0 atom stereocenters. The van der Waals surface area contributed by atoms with E-state index in [1.54, 1.807) is 0 Å². The van der Waals surface area contributed by atoms with E-state index < -0.39 is 8.56 Å². The molecule has 0 saturated carbocycles. The van der Waals surface area contributed by atoms with E-state index in [1.165, 1.54) is 12.8 Å². The summed E-state index contributed by atoms with van der Waals surface area (Å²) in [6.07, 6.45) is 2.44. The summed E-state index contributed by atoms with van der Waals surface area (Å²) in [6.45, 7) is 13.7. The van der Waals surface area contributed by atoms with E-state index in [4.69, 9.17) is 8.85 Å². The van der Waals surface area contributed by atoms with Crippen molar-refractivity contribution in [3.63, 3.8) is 0 Å². The molecule has 0 heterocycles. The molecular weight excluding hydrogens is 318 g/mol. The molecule has 0 unspecified atom stereocenters. The van der Waals surface area contributed by atoms with Gasteiger partial charge in [0.15, 0.2) is 0 Å². The molecule has 0 fully saturated rings. The van der Waals surface area contributed by atoms with Crippen LogP contribution in [0.15, 0.2) is 0 Å². The zero-order valence-corrected chi connectivity index (χ0v) is 18.4. The molecule has 0 aromatic heterocycles. The topological polar surface area (TPSA) is 28.2 Å². The van der Waals surface area contributed by atoms with E-state index in [9.17, 15) is 0 Å². The van der Waals surface area contributed by atoms with Gasteiger partial charge in [-0.15, -0.1) is 0 Å². The molecule has 5 nitrogen and oxygen atoms in total. The van der Waals surface area contributed by atoms with Crippen molar-refractivity contribution < 1.29 is 8.85 Å². The second kappa shape index (κ2) is 14.2. The first kappa shape index (κ1) is 24.0. The van der Waals surface area contributed by atoms with Crippen molar-refractivity contribution in [3.8, 4) is 0 Å². The van der Waals surface area contributed by atoms with E-state index in [0.717, 1.165) is 58.0 Å². The summed E-state index contributed by atoms with van der Waals surface area (Å²) < 4.78 is 12.3. The van der Waals surface area contributed by atoms with Crippen LogP contribution in [0.25, 0.3) is 0 Å². The van der Waals surface area contributed by atoms with Crippen LogP contribution < -0.4 is 0 Å². The van der Waals surface area contributed by atoms with Gasteiger partial charge in [-0.05, 0) is 87.1 Å². The molecule has 0 amide bonds. The van der Waals surface area contributed by atoms with Crippen LogP contribution in [-0.4, -0.2) is 97.4 Å². The highest BCUT2D eigenvalue weighted by Gasteiger charge is 2.35. The second-order valence-electron chi connectivity index (χ2n) is 7.04. The molecule has 0 aromatic rings. The van der Waals surface area contributed by atoms with Crippen molar-refractivity contribution in [2.45, 2.75) is 45.7 Å². The van der Waals surface area contributed by atoms with Crippen molar-refractivity contribution in [2.75, 3.05) is 74.1 Å². The lowest BCUT2D eigenvalue weighted by molar-refractivity contribution is 0.174. The highest BCUT2D eigenvalue weighted by atomic mass is 28.4. The van der Waals surface area contributed by atoms with E-state index in [1.807, 2.05) is 0 Å². The van der Waals surface area contributed by atoms with Crippen molar-refractivity contribution in [1.29, 1.82) is 0 Å². The standard InChI is InChI=1S/C18H43N3O2Si/c1-8-22-24(10-3,23-9-2)18-17-21(15-11-13-19(4)5)16-12-14-20(6)7/h8-18H2,1-7H3. The van der Waals surface area contributed by atoms with Gasteiger partial charge in [0.1, 0.15) is 0 Å². The quantitative estimate of drug-likeness (QED) is 0.394. The SMILES string of the molecule is CCO[Si](CC)(CCN(CCCN(C)C)CCCN(C)C)OCC. The summed E-state index contributed by atoms with van der Waals surface area (Å²) >= 11 is 0. The Labute approximate surface area is 152 Å². The average molecular weight is 362 g/mol. The molecule has 0 radical (unpaired) electrons. The Morgan fingerprint density at radius 3 is 1.46 bits per heavy atom. The van der Waals surface area contributed by atoms with Crippen molar-refractivity contribution in [2.24, 2.45) is 0 Å². The highest BCUT2D eigenvalue weighted by Crippen LogP contribution is 2.20. The molecular formula is C18H43N3O2Si. The summed E-state index contributed by atoms with van der Waals surface area (Å²) in [4.78, 5) is 7.15. The van der Waals surface area contributed by atoms with Gasteiger partial charge in [0.05, 0.1) is 0 Å². The first-order valence-corrected chi connectivity index (χ1v) is 11.9. The fourth-order valence-corrected chi connectivity index (χ4v) is 5.82. The van der Waals surface area contributed by atoms with Crippen LogP contribution in [0.2, 0.25) is 12.1 Å². The normalized spacial score (nSPS) is 12.8. The van der Waals surface area contributed by atoms with Gasteiger partial charge in [-0.1, -0.05) is 6.92 Å². The lowest BCUT2D eigenvalue weighted by Crippen LogP contribution is -2.45. The van der Waals surface area contributed by atoms with Crippen LogP contribution in [0.5, 0.6) is 0 Å². The van der Waals surface area contributed by atoms with Gasteiger partial charge in [-0.25, -0.2) is 0 Å². The maximum Gasteiger partial charge on any atom is 0.339 e. The first-order valence-electron chi connectivity index (χ1n) is 9.68. The molecule has 146 valence electrons. The van der Waals surface area contributed by atoms with Crippen molar-refractivity contribution >= 4 is 8.56 Å². The molecule has 6 heteroatoms. The third-order valence-electron chi connectivity index (χ3n) is 4.32. The lowest BCUT2D eigenvalue weighted by Gasteiger charge is -2.32. The summed E-state index contributed by atoms with van der Waals surface area (Å²) in [5, 5.41) is 0. The van der Waals surface area contributed by atoms with Crippen LogP contribution in [0, 0.1) is 0 Å². The van der Waals surface area contributed by atoms with Crippen LogP contribution >= 0.6 is 0 Å². The van der Waals surface area contributed by atoms with Gasteiger partial charge in [0.2, 0.25) is 0 Å². The molecule has 0 aliphatic heterocycles. The third-order valence-corrected chi connectivity index (χ3v) is 8.01. The third kappa shape index (κ3) is 11.6. The fraction of sp³-hybridized carbons (Fsp3) is 1.00. The van der Waals surface area contributed by atoms with E-state index in [2.05, 4.69) is 63.7 Å². The molecule has 0 saturated heterocycles. The Bertz CT molecular complexity index is 271. The minimum Gasteiger partial charge on any atom is -0.394 e. The predicted octanol–water partition coefficient (Wildman–Crippen LogP) is 2.73. The zero-order valence-electron chi connectivity index (χ0n) is 17.4. The zero-order chi connectivity index (χ0) is 18.4. The number of hydrogen-bond donors (Lipinski definition) is 0. The Hall–Kier alpha value is 0.0169. The van der Waals surface area contributed by atoms with E-state index in [-0.39, 0.29) is 0 Å². The molecule has 0 bridgehead atoms. The molecule has 0 N–H and O–H groups in total. The first-order chi connectivity index (χ1) is 11.4. The van der Waals surface area contributed by atoms with Gasteiger partial charge in [0, 0.05) is 25.8 Å². The summed E-state index contributed by atoms with van der Waals surface area (Å²) in [6, 6.07) is 2.12. The van der Waals surface area contributed by atoms with Crippen LogP contribution in [0.1, 0.15) is 33.6 Å². The molecule has 0 aliphatic carbocycles. The van der Waals surface area contributed by atoms with E-state index >= 15 is 0 Å². The van der Waals surface area contributed by atoms with Crippen molar-refractivity contribution in [1.82, 2.24) is 14.7 Å². The smallest absolute Gasteiger partial charge is 0.339 e. The van der Waals surface area contributed by atoms with Crippen LogP contribution in [0.3, 0.4) is 0 Å². The summed E-state index contributed by atoms with van der Waals surface area (Å²) in [5.41, 5.74) is 0. The molecule has 0 spiro atoms. The van der Waals surface area contributed by atoms with Gasteiger partial charge in [-0.3, -0.25) is 0 Å². The largest absolute Gasteiger partial charge is 0.394 e. The average Bonchev–Trinajstić information content (AvgIpc) is 2.51. The number of hydrogen-bond acceptors (Lipinski definition) is 5. The van der Waals surface area contributed by atoms with Gasteiger partial charge < -0.3 is 23.6 Å². The number of nitrogens with zero attached hydrogens (tertiary/aromatic N) is 3. The summed E-state index contributed by atoms with van der Waals surface area (Å²) in [5.74, 6) is 0. The Balaban J connectivity index is 4.56. The molecule has 24 heavy (non-hydrogen) atoms. The predicted molar refractivity (Wildman–Crippen MR) is 107 cm³/mol. The minimum absolute atomic E-state index is 0.765. The maximum atomic E-state index is 6.13. The van der Waals surface area contributed by atoms with E-state index in [0.29, 0.717) is 0 Å². The highest BCUT2D eigenvalue weighted by molar-refractivity contribution is 6.67. The lowest BCUT2D eigenvalue weighted by atomic mass is 10.3. The van der Waals surface area contributed by atoms with Gasteiger partial charge >= 0.3 is 8.56 Å².